The summed E-state index contributed by atoms with van der Waals surface area (Å²) in [6, 6.07) is 13.5. The van der Waals surface area contributed by atoms with Gasteiger partial charge in [-0.2, -0.15) is 5.26 Å². The van der Waals surface area contributed by atoms with Crippen LogP contribution in [-0.4, -0.2) is 7.11 Å². The molecule has 0 atom stereocenters. The lowest BCUT2D eigenvalue weighted by Gasteiger charge is -2.08. The highest BCUT2D eigenvalue weighted by atomic mass is 19.1. The summed E-state index contributed by atoms with van der Waals surface area (Å²) < 4.78 is 23.7. The second-order valence-electron chi connectivity index (χ2n) is 3.89. The molecule has 0 heterocycles. The van der Waals surface area contributed by atoms with E-state index >= 15 is 0 Å². The van der Waals surface area contributed by atoms with Crippen molar-refractivity contribution in [2.75, 3.05) is 7.11 Å². The number of nitriles is 1. The predicted octanol–water partition coefficient (Wildman–Crippen LogP) is 3.28. The van der Waals surface area contributed by atoms with Crippen LogP contribution in [0.25, 0.3) is 0 Å². The van der Waals surface area contributed by atoms with Crippen molar-refractivity contribution in [1.82, 2.24) is 0 Å². The Morgan fingerprint density at radius 1 is 1.16 bits per heavy atom. The van der Waals surface area contributed by atoms with Crippen LogP contribution in [0.5, 0.6) is 11.5 Å². The number of rotatable bonds is 4. The first-order chi connectivity index (χ1) is 9.22. The molecule has 0 aliphatic heterocycles. The van der Waals surface area contributed by atoms with E-state index in [0.29, 0.717) is 17.9 Å². The van der Waals surface area contributed by atoms with Crippen LogP contribution >= 0.6 is 0 Å². The average Bonchev–Trinajstić information content (AvgIpc) is 2.46. The van der Waals surface area contributed by atoms with Crippen LogP contribution < -0.4 is 9.47 Å². The Morgan fingerprint density at radius 2 is 1.89 bits per heavy atom. The van der Waals surface area contributed by atoms with Crippen molar-refractivity contribution >= 4 is 0 Å². The van der Waals surface area contributed by atoms with Gasteiger partial charge in [-0.15, -0.1) is 0 Å². The van der Waals surface area contributed by atoms with Gasteiger partial charge in [0.2, 0.25) is 0 Å². The van der Waals surface area contributed by atoms with Crippen LogP contribution in [0, 0.1) is 17.1 Å². The zero-order chi connectivity index (χ0) is 13.7. The molecular weight excluding hydrogens is 245 g/mol. The first kappa shape index (κ1) is 12.9. The number of ether oxygens (including phenoxy) is 2. The molecule has 2 rings (SSSR count). The maximum Gasteiger partial charge on any atom is 0.168 e. The van der Waals surface area contributed by atoms with Crippen LogP contribution in [0.2, 0.25) is 0 Å². The topological polar surface area (TPSA) is 42.2 Å². The monoisotopic (exact) mass is 257 g/mol. The normalized spacial score (nSPS) is 9.74. The summed E-state index contributed by atoms with van der Waals surface area (Å²) in [7, 11) is 1.41. The summed E-state index contributed by atoms with van der Waals surface area (Å²) in [6.45, 7) is 0.317. The minimum Gasteiger partial charge on any atom is -0.494 e. The van der Waals surface area contributed by atoms with Crippen molar-refractivity contribution in [1.29, 1.82) is 5.26 Å². The highest BCUT2D eigenvalue weighted by molar-refractivity contribution is 5.34. The van der Waals surface area contributed by atoms with Crippen LogP contribution in [0.4, 0.5) is 4.39 Å². The van der Waals surface area contributed by atoms with Crippen molar-refractivity contribution in [3.63, 3.8) is 0 Å². The Kier molecular flexibility index (Phi) is 3.99. The molecular formula is C15H12FNO2. The van der Waals surface area contributed by atoms with Gasteiger partial charge < -0.3 is 9.47 Å². The van der Waals surface area contributed by atoms with Crippen LogP contribution in [-0.2, 0) is 6.61 Å². The smallest absolute Gasteiger partial charge is 0.168 e. The Bertz CT molecular complexity index is 603. The van der Waals surface area contributed by atoms with Crippen molar-refractivity contribution in [3.8, 4) is 17.6 Å². The minimum atomic E-state index is -0.458. The highest BCUT2D eigenvalue weighted by Gasteiger charge is 2.04. The molecule has 4 heteroatoms. The molecule has 0 amide bonds. The molecule has 0 unspecified atom stereocenters. The van der Waals surface area contributed by atoms with Crippen molar-refractivity contribution < 1.29 is 13.9 Å². The molecule has 0 aliphatic rings. The molecule has 2 aromatic rings. The van der Waals surface area contributed by atoms with Gasteiger partial charge in [0.25, 0.3) is 0 Å². The molecule has 3 nitrogen and oxygen atoms in total. The standard InChI is InChI=1S/C15H12FNO2/c1-18-15-7-6-13(8-14(15)16)19-10-12-4-2-11(9-17)3-5-12/h2-8H,10H2,1H3. The third-order valence-corrected chi connectivity index (χ3v) is 2.61. The van der Waals surface area contributed by atoms with Crippen LogP contribution in [0.15, 0.2) is 42.5 Å². The zero-order valence-corrected chi connectivity index (χ0v) is 10.4. The van der Waals surface area contributed by atoms with E-state index in [9.17, 15) is 4.39 Å². The summed E-state index contributed by atoms with van der Waals surface area (Å²) in [6.07, 6.45) is 0. The summed E-state index contributed by atoms with van der Waals surface area (Å²) in [5, 5.41) is 8.68. The van der Waals surface area contributed by atoms with E-state index in [1.165, 1.54) is 19.2 Å². The van der Waals surface area contributed by atoms with Gasteiger partial charge in [-0.3, -0.25) is 0 Å². The molecule has 0 saturated carbocycles. The fraction of sp³-hybridized carbons (Fsp3) is 0.133. The Morgan fingerprint density at radius 3 is 2.47 bits per heavy atom. The number of hydrogen-bond donors (Lipinski definition) is 0. The highest BCUT2D eigenvalue weighted by Crippen LogP contribution is 2.22. The SMILES string of the molecule is COc1ccc(OCc2ccc(C#N)cc2)cc1F. The third-order valence-electron chi connectivity index (χ3n) is 2.61. The van der Waals surface area contributed by atoms with Gasteiger partial charge in [-0.05, 0) is 29.8 Å². The number of hydrogen-bond acceptors (Lipinski definition) is 3. The molecule has 2 aromatic carbocycles. The van der Waals surface area contributed by atoms with E-state index in [0.717, 1.165) is 5.56 Å². The first-order valence-electron chi connectivity index (χ1n) is 5.68. The molecule has 0 fully saturated rings. The van der Waals surface area contributed by atoms with Gasteiger partial charge in [0.15, 0.2) is 11.6 Å². The molecule has 0 aromatic heterocycles. The quantitative estimate of drug-likeness (QED) is 0.844. The van der Waals surface area contributed by atoms with Crippen LogP contribution in [0.3, 0.4) is 0 Å². The molecule has 0 spiro atoms. The minimum absolute atomic E-state index is 0.186. The molecule has 0 bridgehead atoms. The second kappa shape index (κ2) is 5.87. The predicted molar refractivity (Wildman–Crippen MR) is 68.4 cm³/mol. The van der Waals surface area contributed by atoms with Gasteiger partial charge >= 0.3 is 0 Å². The van der Waals surface area contributed by atoms with Gasteiger partial charge in [0.05, 0.1) is 18.7 Å². The van der Waals surface area contributed by atoms with Gasteiger partial charge in [0, 0.05) is 6.07 Å². The average molecular weight is 257 g/mol. The fourth-order valence-corrected chi connectivity index (χ4v) is 1.58. The molecule has 0 N–H and O–H groups in total. The fourth-order valence-electron chi connectivity index (χ4n) is 1.58. The van der Waals surface area contributed by atoms with Gasteiger partial charge in [0.1, 0.15) is 12.4 Å². The lowest BCUT2D eigenvalue weighted by molar-refractivity contribution is 0.302. The maximum absolute atomic E-state index is 13.4. The van der Waals surface area contributed by atoms with E-state index in [4.69, 9.17) is 14.7 Å². The first-order valence-corrected chi connectivity index (χ1v) is 5.68. The lowest BCUT2D eigenvalue weighted by Crippen LogP contribution is -1.96. The lowest BCUT2D eigenvalue weighted by atomic mass is 10.2. The molecule has 0 radical (unpaired) electrons. The Labute approximate surface area is 110 Å². The number of benzene rings is 2. The Balaban J connectivity index is 2.02. The van der Waals surface area contributed by atoms with Gasteiger partial charge in [-0.25, -0.2) is 4.39 Å². The van der Waals surface area contributed by atoms with E-state index in [1.807, 2.05) is 6.07 Å². The van der Waals surface area contributed by atoms with Crippen molar-refractivity contribution in [2.24, 2.45) is 0 Å². The van der Waals surface area contributed by atoms with Gasteiger partial charge in [-0.1, -0.05) is 12.1 Å². The molecule has 0 saturated heterocycles. The molecule has 0 aliphatic carbocycles. The summed E-state index contributed by atoms with van der Waals surface area (Å²) in [5.74, 6) is 0.160. The number of methoxy groups -OCH3 is 1. The second-order valence-corrected chi connectivity index (χ2v) is 3.89. The summed E-state index contributed by atoms with van der Waals surface area (Å²) in [4.78, 5) is 0. The Hall–Kier alpha value is -2.54. The number of nitrogens with zero attached hydrogens (tertiary/aromatic N) is 1. The van der Waals surface area contributed by atoms with Crippen molar-refractivity contribution in [3.05, 3.63) is 59.4 Å². The van der Waals surface area contributed by atoms with Crippen molar-refractivity contribution in [2.45, 2.75) is 6.61 Å². The van der Waals surface area contributed by atoms with E-state index < -0.39 is 5.82 Å². The van der Waals surface area contributed by atoms with E-state index in [-0.39, 0.29) is 5.75 Å². The number of halogens is 1. The summed E-state index contributed by atoms with van der Waals surface area (Å²) >= 11 is 0. The van der Waals surface area contributed by atoms with E-state index in [2.05, 4.69) is 0 Å². The van der Waals surface area contributed by atoms with Crippen LogP contribution in [0.1, 0.15) is 11.1 Å². The molecule has 19 heavy (non-hydrogen) atoms. The third kappa shape index (κ3) is 3.23. The maximum atomic E-state index is 13.4. The summed E-state index contributed by atoms with van der Waals surface area (Å²) in [5.41, 5.74) is 1.51. The largest absolute Gasteiger partial charge is 0.494 e. The van der Waals surface area contributed by atoms with E-state index in [1.54, 1.807) is 30.3 Å². The molecule has 96 valence electrons. The zero-order valence-electron chi connectivity index (χ0n) is 10.4.